The third-order valence-electron chi connectivity index (χ3n) is 8.85. The van der Waals surface area contributed by atoms with Gasteiger partial charge in [0, 0.05) is 43.8 Å². The normalized spacial score (nSPS) is 25.0. The van der Waals surface area contributed by atoms with Crippen molar-refractivity contribution in [1.82, 2.24) is 24.7 Å². The van der Waals surface area contributed by atoms with Crippen molar-refractivity contribution in [2.75, 3.05) is 44.7 Å². The lowest BCUT2D eigenvalue weighted by atomic mass is 10.1. The number of primary amides is 1. The number of nitrogens with two attached hydrogens (primary N) is 1. The van der Waals surface area contributed by atoms with Gasteiger partial charge in [-0.25, -0.2) is 0 Å². The third kappa shape index (κ3) is 4.87. The van der Waals surface area contributed by atoms with Gasteiger partial charge in [0.15, 0.2) is 0 Å². The number of hydrogen-bond donors (Lipinski definition) is 1. The van der Waals surface area contributed by atoms with E-state index < -0.39 is 11.9 Å². The number of hydrogen-bond acceptors (Lipinski definition) is 8. The highest BCUT2D eigenvalue weighted by molar-refractivity contribution is 5.89. The van der Waals surface area contributed by atoms with Crippen LogP contribution in [0.1, 0.15) is 47.7 Å². The van der Waals surface area contributed by atoms with Gasteiger partial charge in [-0.15, -0.1) is 0 Å². The highest BCUT2D eigenvalue weighted by Gasteiger charge is 2.39. The second kappa shape index (κ2) is 10.6. The quantitative estimate of drug-likeness (QED) is 0.538. The van der Waals surface area contributed by atoms with Crippen molar-refractivity contribution in [3.8, 4) is 6.01 Å². The van der Waals surface area contributed by atoms with E-state index in [9.17, 15) is 9.59 Å². The van der Waals surface area contributed by atoms with Crippen LogP contribution in [0.25, 0.3) is 0 Å². The summed E-state index contributed by atoms with van der Waals surface area (Å²) >= 11 is 0. The molecule has 10 heteroatoms. The van der Waals surface area contributed by atoms with Crippen LogP contribution in [0, 0.1) is 0 Å². The zero-order chi connectivity index (χ0) is 27.1. The summed E-state index contributed by atoms with van der Waals surface area (Å²) in [4.78, 5) is 43.1. The minimum absolute atomic E-state index is 0.196. The zero-order valence-corrected chi connectivity index (χ0v) is 22.6. The molecule has 39 heavy (non-hydrogen) atoms. The Morgan fingerprint density at radius 1 is 1.15 bits per heavy atom. The molecule has 3 aliphatic heterocycles. The predicted octanol–water partition coefficient (Wildman–Crippen LogP) is 1.64. The lowest BCUT2D eigenvalue weighted by Crippen LogP contribution is -2.59. The predicted molar refractivity (Wildman–Crippen MR) is 147 cm³/mol. The number of aryl methyl sites for hydroxylation is 1. The van der Waals surface area contributed by atoms with Gasteiger partial charge in [-0.3, -0.25) is 14.5 Å². The van der Waals surface area contributed by atoms with E-state index in [1.54, 1.807) is 4.90 Å². The van der Waals surface area contributed by atoms with E-state index in [1.807, 2.05) is 4.90 Å². The Morgan fingerprint density at radius 3 is 2.77 bits per heavy atom. The maximum absolute atomic E-state index is 12.7. The molecule has 0 radical (unpaired) electrons. The summed E-state index contributed by atoms with van der Waals surface area (Å²) in [5, 5.41) is 0. The van der Waals surface area contributed by atoms with E-state index in [0.29, 0.717) is 56.7 Å². The van der Waals surface area contributed by atoms with Gasteiger partial charge in [-0.05, 0) is 56.5 Å². The van der Waals surface area contributed by atoms with Crippen LogP contribution in [-0.2, 0) is 29.1 Å². The van der Waals surface area contributed by atoms with Gasteiger partial charge in [0.25, 0.3) is 0 Å². The lowest BCUT2D eigenvalue weighted by Gasteiger charge is -2.40. The molecule has 1 unspecified atom stereocenters. The first-order valence-corrected chi connectivity index (χ1v) is 13.9. The average molecular weight is 532 g/mol. The number of likely N-dealkylation sites (N-methyl/N-ethyl adjacent to an activating group) is 1. The molecule has 6 rings (SSSR count). The molecule has 2 fully saturated rings. The van der Waals surface area contributed by atoms with Crippen LogP contribution in [0.3, 0.4) is 0 Å². The van der Waals surface area contributed by atoms with Gasteiger partial charge >= 0.3 is 6.01 Å². The van der Waals surface area contributed by atoms with Crippen molar-refractivity contribution in [3.05, 3.63) is 59.3 Å². The molecule has 2 amide bonds. The summed E-state index contributed by atoms with van der Waals surface area (Å²) in [7, 11) is 2.12. The van der Waals surface area contributed by atoms with Crippen LogP contribution in [-0.4, -0.2) is 88.4 Å². The molecule has 1 aliphatic carbocycles. The number of nitrogens with zero attached hydrogens (tertiary/aromatic N) is 6. The van der Waals surface area contributed by atoms with Gasteiger partial charge in [-0.1, -0.05) is 30.8 Å². The van der Waals surface area contributed by atoms with Gasteiger partial charge in [-0.2, -0.15) is 9.97 Å². The van der Waals surface area contributed by atoms with E-state index in [-0.39, 0.29) is 12.5 Å². The molecule has 0 bridgehead atoms. The fraction of sp³-hybridized carbons (Fsp3) is 0.517. The number of amides is 2. The fourth-order valence-corrected chi connectivity index (χ4v) is 6.65. The molecule has 10 nitrogen and oxygen atoms in total. The number of carbonyl (C=O) groups is 2. The molecule has 1 aromatic heterocycles. The lowest BCUT2D eigenvalue weighted by molar-refractivity contribution is -0.128. The Bertz CT molecular complexity index is 1280. The van der Waals surface area contributed by atoms with Gasteiger partial charge < -0.3 is 25.2 Å². The molecule has 1 aromatic carbocycles. The standard InChI is InChI=1S/C29H37N7O3/c1-3-26(37)34-13-14-36(25(17-34)27(30)38)28-22-15-35(24-11-10-19-7-4-5-9-21(19)24)16-23(22)31-29(32-28)39-18-20-8-6-12-33(20)2/h3-5,7,9,20,24-25H,1,6,8,10-18H2,2H3,(H2,30,38)/t20-,24?,25+/m0/s1. The highest BCUT2D eigenvalue weighted by Crippen LogP contribution is 2.42. The largest absolute Gasteiger partial charge is 0.462 e. The second-order valence-electron chi connectivity index (χ2n) is 11.1. The van der Waals surface area contributed by atoms with E-state index in [0.717, 1.165) is 43.5 Å². The summed E-state index contributed by atoms with van der Waals surface area (Å²) < 4.78 is 6.20. The Labute approximate surface area is 229 Å². The molecule has 206 valence electrons. The van der Waals surface area contributed by atoms with Crippen LogP contribution in [0.15, 0.2) is 36.9 Å². The van der Waals surface area contributed by atoms with Crippen molar-refractivity contribution >= 4 is 17.6 Å². The Morgan fingerprint density at radius 2 is 2.00 bits per heavy atom. The number of likely N-dealkylation sites (tertiary alicyclic amines) is 1. The number of aromatic nitrogens is 2. The summed E-state index contributed by atoms with van der Waals surface area (Å²) in [6, 6.07) is 8.96. The molecule has 2 aromatic rings. The number of anilines is 1. The van der Waals surface area contributed by atoms with E-state index >= 15 is 0 Å². The van der Waals surface area contributed by atoms with Crippen molar-refractivity contribution in [1.29, 1.82) is 0 Å². The summed E-state index contributed by atoms with van der Waals surface area (Å²) in [5.41, 5.74) is 10.6. The number of carbonyl (C=O) groups excluding carboxylic acids is 2. The van der Waals surface area contributed by atoms with Crippen LogP contribution >= 0.6 is 0 Å². The second-order valence-corrected chi connectivity index (χ2v) is 11.1. The molecule has 4 aliphatic rings. The SMILES string of the molecule is C=CC(=O)N1CCN(c2nc(OC[C@@H]3CCCN3C)nc3c2CN(C2CCc4ccccc42)C3)[C@@H](C(N)=O)C1. The van der Waals surface area contributed by atoms with Crippen molar-refractivity contribution < 1.29 is 14.3 Å². The first-order valence-electron chi connectivity index (χ1n) is 13.9. The number of rotatable bonds is 7. The summed E-state index contributed by atoms with van der Waals surface area (Å²) in [5.74, 6) is 0.00111. The van der Waals surface area contributed by atoms with Crippen molar-refractivity contribution in [2.45, 2.75) is 56.9 Å². The van der Waals surface area contributed by atoms with E-state index in [4.69, 9.17) is 20.4 Å². The van der Waals surface area contributed by atoms with Crippen LogP contribution in [0.5, 0.6) is 6.01 Å². The van der Waals surface area contributed by atoms with Gasteiger partial charge in [0.2, 0.25) is 11.8 Å². The van der Waals surface area contributed by atoms with E-state index in [2.05, 4.69) is 47.7 Å². The molecule has 4 heterocycles. The number of benzene rings is 1. The third-order valence-corrected chi connectivity index (χ3v) is 8.85. The topological polar surface area (TPSA) is 108 Å². The smallest absolute Gasteiger partial charge is 0.318 e. The minimum atomic E-state index is -0.697. The maximum atomic E-state index is 12.7. The number of fused-ring (bicyclic) bond motifs is 2. The molecule has 0 saturated carbocycles. The van der Waals surface area contributed by atoms with Crippen LogP contribution in [0.4, 0.5) is 5.82 Å². The number of piperazine rings is 1. The average Bonchev–Trinajstić information content (AvgIpc) is 3.68. The van der Waals surface area contributed by atoms with Crippen molar-refractivity contribution in [2.24, 2.45) is 5.73 Å². The molecule has 2 N–H and O–H groups in total. The van der Waals surface area contributed by atoms with Crippen LogP contribution in [0.2, 0.25) is 0 Å². The molecule has 0 spiro atoms. The maximum Gasteiger partial charge on any atom is 0.318 e. The number of ether oxygens (including phenoxy) is 1. The zero-order valence-electron chi connectivity index (χ0n) is 22.6. The Balaban J connectivity index is 1.32. The molecular weight excluding hydrogens is 494 g/mol. The molecule has 2 saturated heterocycles. The summed E-state index contributed by atoms with van der Waals surface area (Å²) in [6.45, 7) is 7.65. The first kappa shape index (κ1) is 25.8. The molecular formula is C29H37N7O3. The monoisotopic (exact) mass is 531 g/mol. The molecule has 3 atom stereocenters. The van der Waals surface area contributed by atoms with Crippen molar-refractivity contribution in [3.63, 3.8) is 0 Å². The summed E-state index contributed by atoms with van der Waals surface area (Å²) in [6.07, 6.45) is 5.66. The van der Waals surface area contributed by atoms with Crippen LogP contribution < -0.4 is 15.4 Å². The Kier molecular flexibility index (Phi) is 6.99. The Hall–Kier alpha value is -3.50. The first-order chi connectivity index (χ1) is 18.9. The highest BCUT2D eigenvalue weighted by atomic mass is 16.5. The minimum Gasteiger partial charge on any atom is -0.462 e. The fourth-order valence-electron chi connectivity index (χ4n) is 6.65. The van der Waals surface area contributed by atoms with Gasteiger partial charge in [0.1, 0.15) is 18.5 Å². The van der Waals surface area contributed by atoms with E-state index in [1.165, 1.54) is 17.2 Å². The van der Waals surface area contributed by atoms with Gasteiger partial charge in [0.05, 0.1) is 12.2 Å².